The molecule has 0 saturated carbocycles. The molecular formula is C31H29ClN6O2. The molecule has 0 saturated heterocycles. The van der Waals surface area contributed by atoms with Gasteiger partial charge in [0.25, 0.3) is 11.8 Å². The number of halogens is 1. The number of hydrogen-bond donors (Lipinski definition) is 3. The van der Waals surface area contributed by atoms with Gasteiger partial charge in [-0.1, -0.05) is 54.1 Å². The number of H-pyrrole nitrogens is 1. The monoisotopic (exact) mass is 552 g/mol. The van der Waals surface area contributed by atoms with Gasteiger partial charge in [-0.15, -0.1) is 0 Å². The van der Waals surface area contributed by atoms with Crippen molar-refractivity contribution in [2.24, 2.45) is 9.98 Å². The van der Waals surface area contributed by atoms with E-state index in [-0.39, 0.29) is 29.9 Å². The fourth-order valence-corrected chi connectivity index (χ4v) is 5.71. The second-order valence-corrected chi connectivity index (χ2v) is 10.9. The van der Waals surface area contributed by atoms with Crippen molar-refractivity contribution in [3.63, 3.8) is 0 Å². The Bertz CT molecular complexity index is 1660. The third-order valence-corrected chi connectivity index (χ3v) is 7.76. The predicted octanol–water partition coefficient (Wildman–Crippen LogP) is 4.73. The average molecular weight is 553 g/mol. The molecule has 3 atom stereocenters. The van der Waals surface area contributed by atoms with Gasteiger partial charge in [-0.25, -0.2) is 4.99 Å². The minimum absolute atomic E-state index is 0.135. The molecule has 3 N–H and O–H groups in total. The number of rotatable bonds is 7. The van der Waals surface area contributed by atoms with Crippen molar-refractivity contribution < 1.29 is 9.59 Å². The minimum Gasteiger partial charge on any atom is -0.360 e. The normalized spacial score (nSPS) is 19.6. The van der Waals surface area contributed by atoms with Crippen LogP contribution >= 0.6 is 11.6 Å². The van der Waals surface area contributed by atoms with Gasteiger partial charge in [0.15, 0.2) is 0 Å². The van der Waals surface area contributed by atoms with Crippen LogP contribution in [-0.2, 0) is 6.42 Å². The highest BCUT2D eigenvalue weighted by Gasteiger charge is 2.35. The summed E-state index contributed by atoms with van der Waals surface area (Å²) in [5.41, 5.74) is 5.93. The molecular weight excluding hydrogens is 524 g/mol. The third kappa shape index (κ3) is 5.03. The van der Waals surface area contributed by atoms with E-state index in [9.17, 15) is 9.59 Å². The molecule has 0 bridgehead atoms. The molecule has 0 fully saturated rings. The van der Waals surface area contributed by atoms with Crippen LogP contribution in [0.25, 0.3) is 10.9 Å². The molecule has 1 aliphatic heterocycles. The van der Waals surface area contributed by atoms with Gasteiger partial charge in [-0.2, -0.15) is 0 Å². The van der Waals surface area contributed by atoms with Crippen LogP contribution in [0.2, 0.25) is 5.02 Å². The van der Waals surface area contributed by atoms with Crippen LogP contribution in [0.5, 0.6) is 0 Å². The number of fused-ring (bicyclic) bond motifs is 2. The van der Waals surface area contributed by atoms with Crippen LogP contribution in [0.4, 0.5) is 0 Å². The summed E-state index contributed by atoms with van der Waals surface area (Å²) in [4.78, 5) is 40.7. The number of hydrogen-bond acceptors (Lipinski definition) is 5. The molecule has 3 aromatic carbocycles. The van der Waals surface area contributed by atoms with Gasteiger partial charge in [0, 0.05) is 34.8 Å². The van der Waals surface area contributed by atoms with E-state index in [2.05, 4.69) is 30.5 Å². The predicted molar refractivity (Wildman–Crippen MR) is 159 cm³/mol. The summed E-state index contributed by atoms with van der Waals surface area (Å²) >= 11 is 6.20. The summed E-state index contributed by atoms with van der Waals surface area (Å²) in [6, 6.07) is 20.0. The Morgan fingerprint density at radius 3 is 2.55 bits per heavy atom. The topological polar surface area (TPSA) is 102 Å². The van der Waals surface area contributed by atoms with E-state index >= 15 is 0 Å². The highest BCUT2D eigenvalue weighted by atomic mass is 35.5. The van der Waals surface area contributed by atoms with Crippen molar-refractivity contribution in [3.8, 4) is 0 Å². The smallest absolute Gasteiger partial charge is 0.251 e. The van der Waals surface area contributed by atoms with Gasteiger partial charge in [0.2, 0.25) is 0 Å². The number of carbonyl (C=O) groups excluding carboxylic acids is 2. The van der Waals surface area contributed by atoms with Crippen LogP contribution in [-0.4, -0.2) is 60.4 Å². The molecule has 6 rings (SSSR count). The van der Waals surface area contributed by atoms with Crippen LogP contribution in [0.1, 0.15) is 49.5 Å². The van der Waals surface area contributed by atoms with Crippen LogP contribution in [0, 0.1) is 0 Å². The quantitative estimate of drug-likeness (QED) is 0.309. The van der Waals surface area contributed by atoms with Gasteiger partial charge in [-0.3, -0.25) is 14.6 Å². The average Bonchev–Trinajstić information content (AvgIpc) is 3.66. The van der Waals surface area contributed by atoms with Crippen molar-refractivity contribution in [2.75, 3.05) is 20.6 Å². The molecule has 2 amide bonds. The zero-order valence-electron chi connectivity index (χ0n) is 22.2. The molecule has 202 valence electrons. The van der Waals surface area contributed by atoms with E-state index in [0.29, 0.717) is 22.6 Å². The molecule has 0 spiro atoms. The molecule has 2 heterocycles. The van der Waals surface area contributed by atoms with E-state index in [1.165, 1.54) is 0 Å². The lowest BCUT2D eigenvalue weighted by Gasteiger charge is -2.23. The van der Waals surface area contributed by atoms with E-state index in [4.69, 9.17) is 11.6 Å². The number of amides is 2. The van der Waals surface area contributed by atoms with Crippen LogP contribution < -0.4 is 10.6 Å². The second-order valence-electron chi connectivity index (χ2n) is 10.5. The lowest BCUT2D eigenvalue weighted by Crippen LogP contribution is -2.44. The largest absolute Gasteiger partial charge is 0.360 e. The first-order valence-electron chi connectivity index (χ1n) is 13.2. The standard InChI is InChI=1S/C31H29ClN6O2/c1-38(2)16-27-28(35-17-34-27)18-7-9-19(10-8-18)30(39)36-26-13-20-5-3-4-6-22(20)29(26)37-31(40)21-11-12-23-24(32)15-33-25(23)14-21/h3-12,14-15,17,26,28-29,33H,13,16H2,1-2H3,(H,36,39)(H,37,40)/t26-,28?,29+/m0/s1. The van der Waals surface area contributed by atoms with Crippen LogP contribution in [0.15, 0.2) is 82.9 Å². The van der Waals surface area contributed by atoms with E-state index in [1.54, 1.807) is 24.7 Å². The highest BCUT2D eigenvalue weighted by molar-refractivity contribution is 6.35. The van der Waals surface area contributed by atoms with Crippen LogP contribution in [0.3, 0.4) is 0 Å². The maximum Gasteiger partial charge on any atom is 0.251 e. The molecule has 1 aliphatic carbocycles. The number of aromatic amines is 1. The maximum atomic E-state index is 13.3. The first-order valence-corrected chi connectivity index (χ1v) is 13.5. The molecule has 4 aromatic rings. The number of nitrogens with one attached hydrogen (secondary N) is 3. The van der Waals surface area contributed by atoms with Gasteiger partial charge in [0.1, 0.15) is 12.4 Å². The summed E-state index contributed by atoms with van der Waals surface area (Å²) < 4.78 is 0. The van der Waals surface area contributed by atoms with Gasteiger partial charge in [-0.05, 0) is 61.5 Å². The molecule has 1 aromatic heterocycles. The summed E-state index contributed by atoms with van der Waals surface area (Å²) in [7, 11) is 4.00. The number of nitrogens with zero attached hydrogens (tertiary/aromatic N) is 3. The third-order valence-electron chi connectivity index (χ3n) is 7.45. The Labute approximate surface area is 237 Å². The molecule has 9 heteroatoms. The van der Waals surface area contributed by atoms with Gasteiger partial charge in [0.05, 0.1) is 22.8 Å². The Morgan fingerprint density at radius 2 is 1.75 bits per heavy atom. The lowest BCUT2D eigenvalue weighted by molar-refractivity contribution is 0.0888. The Balaban J connectivity index is 1.18. The number of aliphatic imine (C=N–C) groups is 2. The first kappa shape index (κ1) is 26.0. The number of benzene rings is 3. The number of aromatic nitrogens is 1. The molecule has 1 unspecified atom stereocenters. The minimum atomic E-state index is -0.368. The molecule has 0 radical (unpaired) electrons. The fourth-order valence-electron chi connectivity index (χ4n) is 5.49. The van der Waals surface area contributed by atoms with Crippen molar-refractivity contribution >= 4 is 46.4 Å². The summed E-state index contributed by atoms with van der Waals surface area (Å²) in [5.74, 6) is -0.409. The zero-order chi connectivity index (χ0) is 27.8. The van der Waals surface area contributed by atoms with Crippen molar-refractivity contribution in [3.05, 3.63) is 106 Å². The first-order chi connectivity index (χ1) is 19.4. The van der Waals surface area contributed by atoms with Crippen molar-refractivity contribution in [1.29, 1.82) is 0 Å². The zero-order valence-corrected chi connectivity index (χ0v) is 22.9. The van der Waals surface area contributed by atoms with E-state index < -0.39 is 0 Å². The summed E-state index contributed by atoms with van der Waals surface area (Å²) in [6.45, 7) is 0.717. The Morgan fingerprint density at radius 1 is 1.00 bits per heavy atom. The highest BCUT2D eigenvalue weighted by Crippen LogP contribution is 2.32. The van der Waals surface area contributed by atoms with Gasteiger partial charge < -0.3 is 20.5 Å². The van der Waals surface area contributed by atoms with E-state index in [1.807, 2.05) is 68.7 Å². The van der Waals surface area contributed by atoms with Crippen molar-refractivity contribution in [1.82, 2.24) is 20.5 Å². The maximum absolute atomic E-state index is 13.3. The summed E-state index contributed by atoms with van der Waals surface area (Å²) in [6.07, 6.45) is 3.93. The molecule has 8 nitrogen and oxygen atoms in total. The van der Waals surface area contributed by atoms with E-state index in [0.717, 1.165) is 39.8 Å². The SMILES string of the molecule is CN(C)CC1=NC=NC1c1ccc(C(=O)N[C@H]2Cc3ccccc3[C@H]2NC(=O)c2ccc3c(Cl)c[nH]c3c2)cc1. The lowest BCUT2D eigenvalue weighted by atomic mass is 10.0. The fraction of sp³-hybridized carbons (Fsp3) is 0.226. The number of carbonyl (C=O) groups is 2. The molecule has 40 heavy (non-hydrogen) atoms. The Hall–Kier alpha value is -4.27. The second kappa shape index (κ2) is 10.7. The van der Waals surface area contributed by atoms with Crippen molar-refractivity contribution in [2.45, 2.75) is 24.5 Å². The van der Waals surface area contributed by atoms with Gasteiger partial charge >= 0.3 is 0 Å². The molecule has 2 aliphatic rings. The Kier molecular flexibility index (Phi) is 6.96. The summed E-state index contributed by atoms with van der Waals surface area (Å²) in [5, 5.41) is 7.81.